The Labute approximate surface area is 160 Å². The summed E-state index contributed by atoms with van der Waals surface area (Å²) in [6.45, 7) is 1.28. The van der Waals surface area contributed by atoms with E-state index in [2.05, 4.69) is 20.8 Å². The van der Waals surface area contributed by atoms with Crippen molar-refractivity contribution in [2.24, 2.45) is 5.14 Å². The number of nitrogens with zero attached hydrogens (tertiary/aromatic N) is 2. The Balaban J connectivity index is 0.000000221. The first kappa shape index (κ1) is 22.3. The van der Waals surface area contributed by atoms with E-state index < -0.39 is 10.0 Å². The molecule has 0 saturated carbocycles. The highest BCUT2D eigenvalue weighted by molar-refractivity contribution is 7.91. The summed E-state index contributed by atoms with van der Waals surface area (Å²) in [5.41, 5.74) is 0. The van der Waals surface area contributed by atoms with Crippen LogP contribution in [0.2, 0.25) is 0 Å². The minimum absolute atomic E-state index is 0.108. The Morgan fingerprint density at radius 1 is 1.07 bits per heavy atom. The normalized spacial score (nSPS) is 13.3. The predicted octanol–water partition coefficient (Wildman–Crippen LogP) is 0.644. The number of aromatic nitrogens is 2. The molecule has 146 valence electrons. The number of hydrogen-bond acceptors (Lipinski definition) is 8. The maximum absolute atomic E-state index is 10.7. The molecule has 1 aromatic carbocycles. The smallest absolute Gasteiger partial charge is 0.267 e. The van der Waals surface area contributed by atoms with Crippen LogP contribution in [0.25, 0.3) is 0 Å². The molecule has 1 fully saturated rings. The second-order valence-corrected chi connectivity index (χ2v) is 7.79. The Kier molecular flexibility index (Phi) is 9.19. The number of piperidine rings is 1. The number of nitrogens with two attached hydrogens (primary N) is 1. The summed E-state index contributed by atoms with van der Waals surface area (Å²) in [6.07, 6.45) is 1.72. The Morgan fingerprint density at radius 2 is 1.56 bits per heavy atom. The van der Waals surface area contributed by atoms with Crippen LogP contribution < -0.4 is 15.8 Å². The van der Waals surface area contributed by atoms with Gasteiger partial charge in [-0.05, 0) is 6.42 Å². The van der Waals surface area contributed by atoms with Crippen LogP contribution in [0.1, 0.15) is 26.2 Å². The molecule has 1 aromatic heterocycles. The number of benzene rings is 1. The van der Waals surface area contributed by atoms with E-state index in [4.69, 9.17) is 5.14 Å². The van der Waals surface area contributed by atoms with Crippen LogP contribution in [0.4, 0.5) is 5.13 Å². The van der Waals surface area contributed by atoms with Crippen LogP contribution in [-0.2, 0) is 24.4 Å². The molecule has 1 aliphatic heterocycles. The molecule has 0 spiro atoms. The summed E-state index contributed by atoms with van der Waals surface area (Å²) in [5.74, 6) is -0.625. The zero-order valence-corrected chi connectivity index (χ0v) is 16.0. The van der Waals surface area contributed by atoms with Crippen LogP contribution in [0.3, 0.4) is 0 Å². The van der Waals surface area contributed by atoms with E-state index in [0.29, 0.717) is 30.6 Å². The van der Waals surface area contributed by atoms with E-state index in [9.17, 15) is 22.8 Å². The minimum atomic E-state index is -3.82. The van der Waals surface area contributed by atoms with E-state index >= 15 is 0 Å². The van der Waals surface area contributed by atoms with Gasteiger partial charge in [0.1, 0.15) is 0 Å². The number of hydrogen-bond donors (Lipinski definition) is 3. The van der Waals surface area contributed by atoms with Crippen molar-refractivity contribution in [3.8, 4) is 0 Å². The Hall–Kier alpha value is -2.70. The summed E-state index contributed by atoms with van der Waals surface area (Å²) in [5, 5.41) is 16.0. The second-order valence-electron chi connectivity index (χ2n) is 5.08. The molecule has 3 rings (SSSR count). The van der Waals surface area contributed by atoms with Crippen molar-refractivity contribution in [3.05, 3.63) is 36.4 Å². The maximum atomic E-state index is 10.7. The lowest BCUT2D eigenvalue weighted by atomic mass is 10.1. The first-order valence-corrected chi connectivity index (χ1v) is 10.0. The van der Waals surface area contributed by atoms with Crippen molar-refractivity contribution in [1.29, 1.82) is 0 Å². The Bertz CT molecular complexity index is 827. The summed E-state index contributed by atoms with van der Waals surface area (Å²) in [7, 11) is -3.82. The molecule has 1 aliphatic rings. The van der Waals surface area contributed by atoms with Gasteiger partial charge < -0.3 is 5.32 Å². The molecule has 0 radical (unpaired) electrons. The van der Waals surface area contributed by atoms with Gasteiger partial charge in [-0.25, -0.2) is 13.6 Å². The monoisotopic (exact) mass is 413 g/mol. The molecule has 2 aromatic rings. The maximum Gasteiger partial charge on any atom is 0.267 e. The average molecular weight is 413 g/mol. The van der Waals surface area contributed by atoms with E-state index in [1.807, 2.05) is 36.4 Å². The number of imide groups is 1. The lowest BCUT2D eigenvalue weighted by molar-refractivity contribution is -0.133. The largest absolute Gasteiger partial charge is 0.301 e. The first-order chi connectivity index (χ1) is 12.7. The third kappa shape index (κ3) is 10.1. The third-order valence-electron chi connectivity index (χ3n) is 2.69. The standard InChI is InChI=1S/C6H6.C5H7NO2.C4H6N4O3S2/c1-2-4-6-5-3-1;7-4-2-1-3-5(8)6-4;1-2(9)6-3-7-8-4(12-3)13(5,10)11/h1-6H;1-3H2,(H,6,7,8);1H3,(H2,5,10,11)(H,6,7,9). The first-order valence-electron chi connectivity index (χ1n) is 7.65. The van der Waals surface area contributed by atoms with E-state index in [0.717, 1.165) is 0 Å². The number of carbonyl (C=O) groups is 3. The molecule has 12 heteroatoms. The van der Waals surface area contributed by atoms with Crippen molar-refractivity contribution in [3.63, 3.8) is 0 Å². The van der Waals surface area contributed by atoms with Gasteiger partial charge in [-0.1, -0.05) is 47.7 Å². The fraction of sp³-hybridized carbons (Fsp3) is 0.267. The van der Waals surface area contributed by atoms with Crippen molar-refractivity contribution in [1.82, 2.24) is 15.5 Å². The zero-order chi connectivity index (χ0) is 20.3. The van der Waals surface area contributed by atoms with E-state index in [1.54, 1.807) is 0 Å². The number of amides is 3. The molecular formula is C15H19N5O5S2. The molecule has 3 amide bonds. The molecule has 0 unspecified atom stereocenters. The molecule has 4 N–H and O–H groups in total. The van der Waals surface area contributed by atoms with Crippen LogP contribution in [0.5, 0.6) is 0 Å². The van der Waals surface area contributed by atoms with Gasteiger partial charge in [0.25, 0.3) is 10.0 Å². The molecule has 27 heavy (non-hydrogen) atoms. The summed E-state index contributed by atoms with van der Waals surface area (Å²) < 4.78 is 21.1. The number of primary sulfonamides is 1. The number of anilines is 1. The van der Waals surface area contributed by atoms with E-state index in [-0.39, 0.29) is 27.2 Å². The van der Waals surface area contributed by atoms with Crippen LogP contribution in [0.15, 0.2) is 40.7 Å². The molecule has 0 bridgehead atoms. The van der Waals surface area contributed by atoms with Crippen molar-refractivity contribution >= 4 is 44.2 Å². The van der Waals surface area contributed by atoms with Crippen molar-refractivity contribution in [2.75, 3.05) is 5.32 Å². The number of sulfonamides is 1. The molecule has 1 saturated heterocycles. The molecule has 0 atom stereocenters. The van der Waals surface area contributed by atoms with Crippen LogP contribution >= 0.6 is 11.3 Å². The molecule has 2 heterocycles. The highest BCUT2D eigenvalue weighted by Gasteiger charge is 2.15. The highest BCUT2D eigenvalue weighted by Crippen LogP contribution is 2.17. The van der Waals surface area contributed by atoms with Gasteiger partial charge in [0.05, 0.1) is 0 Å². The molecule has 10 nitrogen and oxygen atoms in total. The quantitative estimate of drug-likeness (QED) is 0.481. The van der Waals surface area contributed by atoms with Gasteiger partial charge in [-0.2, -0.15) is 0 Å². The van der Waals surface area contributed by atoms with Gasteiger partial charge >= 0.3 is 0 Å². The Morgan fingerprint density at radius 3 is 1.85 bits per heavy atom. The zero-order valence-electron chi connectivity index (χ0n) is 14.4. The predicted molar refractivity (Wildman–Crippen MR) is 99.0 cm³/mol. The number of carbonyl (C=O) groups excluding carboxylic acids is 3. The van der Waals surface area contributed by atoms with Crippen molar-refractivity contribution in [2.45, 2.75) is 30.5 Å². The van der Waals surface area contributed by atoms with Gasteiger partial charge in [0.2, 0.25) is 27.2 Å². The minimum Gasteiger partial charge on any atom is -0.301 e. The lowest BCUT2D eigenvalue weighted by Gasteiger charge is -2.07. The second kappa shape index (κ2) is 11.1. The average Bonchev–Trinajstić information content (AvgIpc) is 3.05. The molecule has 0 aliphatic carbocycles. The lowest BCUT2D eigenvalue weighted by Crippen LogP contribution is -2.33. The van der Waals surface area contributed by atoms with Crippen LogP contribution in [-0.4, -0.2) is 36.3 Å². The van der Waals surface area contributed by atoms with Crippen LogP contribution in [0, 0.1) is 0 Å². The molecular weight excluding hydrogens is 394 g/mol. The topological polar surface area (TPSA) is 161 Å². The van der Waals surface area contributed by atoms with Crippen molar-refractivity contribution < 1.29 is 22.8 Å². The fourth-order valence-corrected chi connectivity index (χ4v) is 2.98. The number of nitrogens with one attached hydrogen (secondary N) is 2. The highest BCUT2D eigenvalue weighted by atomic mass is 32.2. The number of rotatable bonds is 2. The summed E-state index contributed by atoms with van der Waals surface area (Å²) >= 11 is 0.701. The van der Waals surface area contributed by atoms with Gasteiger partial charge in [0.15, 0.2) is 0 Å². The van der Waals surface area contributed by atoms with Gasteiger partial charge in [0, 0.05) is 19.8 Å². The summed E-state index contributed by atoms with van der Waals surface area (Å²) in [6, 6.07) is 12.0. The third-order valence-corrected chi connectivity index (χ3v) is 4.83. The fourth-order valence-electron chi connectivity index (χ4n) is 1.60. The van der Waals surface area contributed by atoms with Gasteiger partial charge in [-0.15, -0.1) is 10.2 Å². The summed E-state index contributed by atoms with van der Waals surface area (Å²) in [4.78, 5) is 31.2. The SMILES string of the molecule is CC(=O)Nc1nnc(S(N)(=O)=O)s1.O=C1CCCC(=O)N1.c1ccccc1. The van der Waals surface area contributed by atoms with Gasteiger partial charge in [-0.3, -0.25) is 19.7 Å². The van der Waals surface area contributed by atoms with E-state index in [1.165, 1.54) is 6.92 Å².